The Hall–Kier alpha value is -4.18. The van der Waals surface area contributed by atoms with Crippen LogP contribution in [-0.2, 0) is 16.1 Å². The monoisotopic (exact) mass is 480 g/mol. The summed E-state index contributed by atoms with van der Waals surface area (Å²) in [6.45, 7) is 1.12. The van der Waals surface area contributed by atoms with Gasteiger partial charge in [0.25, 0.3) is 0 Å². The van der Waals surface area contributed by atoms with Gasteiger partial charge >= 0.3 is 5.97 Å². The van der Waals surface area contributed by atoms with E-state index in [0.29, 0.717) is 5.69 Å². The van der Waals surface area contributed by atoms with Crippen LogP contribution in [0.3, 0.4) is 0 Å². The Balaban J connectivity index is 1.48. The Morgan fingerprint density at radius 2 is 1.76 bits per heavy atom. The second-order valence-corrected chi connectivity index (χ2v) is 7.84. The summed E-state index contributed by atoms with van der Waals surface area (Å²) in [6, 6.07) is 14.9. The van der Waals surface area contributed by atoms with Crippen molar-refractivity contribution in [3.05, 3.63) is 95.1 Å². The summed E-state index contributed by atoms with van der Waals surface area (Å²) in [5, 5.41) is 4.65. The zero-order chi connectivity index (χ0) is 24.1. The standard InChI is InChI=1S/C24H18F2N4O3S/c1-15(31)30(21-11-5-3-9-19(21)26)24-28-16(14-34-24)13-33-23(32)17-7-6-12-27-22(17)29-20-10-4-2-8-18(20)25/h2-12,14H,13H2,1H3,(H,27,29). The van der Waals surface area contributed by atoms with Crippen LogP contribution in [0.4, 0.5) is 31.1 Å². The minimum Gasteiger partial charge on any atom is -0.455 e. The van der Waals surface area contributed by atoms with E-state index in [0.717, 1.165) is 16.2 Å². The van der Waals surface area contributed by atoms with Gasteiger partial charge in [-0.25, -0.2) is 23.5 Å². The molecular formula is C24H18F2N4O3S. The van der Waals surface area contributed by atoms with Gasteiger partial charge in [0, 0.05) is 18.5 Å². The first-order valence-electron chi connectivity index (χ1n) is 10.1. The Morgan fingerprint density at radius 1 is 1.03 bits per heavy atom. The molecule has 0 spiro atoms. The predicted octanol–water partition coefficient (Wildman–Crippen LogP) is 5.60. The summed E-state index contributed by atoms with van der Waals surface area (Å²) in [5.41, 5.74) is 0.727. The van der Waals surface area contributed by atoms with Crippen molar-refractivity contribution < 1.29 is 23.1 Å². The fourth-order valence-electron chi connectivity index (χ4n) is 3.08. The zero-order valence-corrected chi connectivity index (χ0v) is 18.7. The van der Waals surface area contributed by atoms with E-state index in [9.17, 15) is 18.4 Å². The molecule has 0 aliphatic carbocycles. The number of nitrogens with zero attached hydrogens (tertiary/aromatic N) is 3. The maximum absolute atomic E-state index is 14.2. The molecule has 4 aromatic rings. The highest BCUT2D eigenvalue weighted by Crippen LogP contribution is 2.31. The Morgan fingerprint density at radius 3 is 2.50 bits per heavy atom. The molecule has 0 atom stereocenters. The molecule has 4 rings (SSSR count). The van der Waals surface area contributed by atoms with Gasteiger partial charge in [-0.15, -0.1) is 11.3 Å². The number of rotatable bonds is 7. The third kappa shape index (κ3) is 5.07. The largest absolute Gasteiger partial charge is 0.455 e. The maximum Gasteiger partial charge on any atom is 0.342 e. The molecule has 2 aromatic heterocycles. The number of benzene rings is 2. The van der Waals surface area contributed by atoms with Crippen molar-refractivity contribution in [3.8, 4) is 0 Å². The fourth-order valence-corrected chi connectivity index (χ4v) is 3.95. The molecule has 10 heteroatoms. The predicted molar refractivity (Wildman–Crippen MR) is 124 cm³/mol. The van der Waals surface area contributed by atoms with Gasteiger partial charge in [0.15, 0.2) is 5.13 Å². The van der Waals surface area contributed by atoms with E-state index in [-0.39, 0.29) is 34.5 Å². The number of aromatic nitrogens is 2. The number of nitrogens with one attached hydrogen (secondary N) is 1. The molecule has 2 heterocycles. The maximum atomic E-state index is 14.2. The molecule has 0 bridgehead atoms. The molecule has 0 aliphatic heterocycles. The van der Waals surface area contributed by atoms with Crippen LogP contribution in [0.15, 0.2) is 72.2 Å². The highest BCUT2D eigenvalue weighted by molar-refractivity contribution is 7.14. The van der Waals surface area contributed by atoms with Crippen LogP contribution in [0.25, 0.3) is 0 Å². The Labute approximate surface area is 197 Å². The number of thiazole rings is 1. The lowest BCUT2D eigenvalue weighted by Crippen LogP contribution is -2.23. The number of halogens is 2. The second-order valence-electron chi connectivity index (χ2n) is 7.01. The molecule has 172 valence electrons. The molecular weight excluding hydrogens is 462 g/mol. The van der Waals surface area contributed by atoms with Crippen molar-refractivity contribution in [1.29, 1.82) is 0 Å². The zero-order valence-electron chi connectivity index (χ0n) is 17.9. The van der Waals surface area contributed by atoms with Gasteiger partial charge in [-0.05, 0) is 36.4 Å². The third-order valence-electron chi connectivity index (χ3n) is 4.64. The molecule has 0 unspecified atom stereocenters. The lowest BCUT2D eigenvalue weighted by atomic mass is 10.2. The molecule has 1 N–H and O–H groups in total. The summed E-state index contributed by atoms with van der Waals surface area (Å²) in [5.74, 6) is -2.03. The topological polar surface area (TPSA) is 84.4 Å². The molecule has 0 radical (unpaired) electrons. The number of esters is 1. The van der Waals surface area contributed by atoms with Gasteiger partial charge in [-0.1, -0.05) is 24.3 Å². The first-order valence-corrected chi connectivity index (χ1v) is 11.0. The van der Waals surface area contributed by atoms with Crippen molar-refractivity contribution in [2.75, 3.05) is 10.2 Å². The smallest absolute Gasteiger partial charge is 0.342 e. The highest BCUT2D eigenvalue weighted by Gasteiger charge is 2.22. The van der Waals surface area contributed by atoms with Gasteiger partial charge in [0.05, 0.1) is 17.1 Å². The second kappa shape index (κ2) is 10.2. The number of ether oxygens (including phenoxy) is 1. The third-order valence-corrected chi connectivity index (χ3v) is 5.52. The highest BCUT2D eigenvalue weighted by atomic mass is 32.1. The van der Waals surface area contributed by atoms with Gasteiger partial charge in [-0.3, -0.25) is 9.69 Å². The van der Waals surface area contributed by atoms with Crippen LogP contribution < -0.4 is 10.2 Å². The first kappa shape index (κ1) is 23.0. The van der Waals surface area contributed by atoms with E-state index >= 15 is 0 Å². The van der Waals surface area contributed by atoms with Crippen LogP contribution in [0, 0.1) is 11.6 Å². The minimum absolute atomic E-state index is 0.0760. The van der Waals surface area contributed by atoms with Gasteiger partial charge in [0.2, 0.25) is 5.91 Å². The van der Waals surface area contributed by atoms with Crippen LogP contribution in [0.5, 0.6) is 0 Å². The number of amides is 1. The Kier molecular flexibility index (Phi) is 6.88. The molecule has 0 saturated heterocycles. The number of pyridine rings is 1. The van der Waals surface area contributed by atoms with E-state index in [4.69, 9.17) is 4.74 Å². The van der Waals surface area contributed by atoms with Crippen molar-refractivity contribution >= 4 is 45.5 Å². The number of carbonyl (C=O) groups is 2. The first-order chi connectivity index (χ1) is 16.4. The number of anilines is 4. The minimum atomic E-state index is -0.695. The van der Waals surface area contributed by atoms with Crippen LogP contribution >= 0.6 is 11.3 Å². The van der Waals surface area contributed by atoms with Crippen molar-refractivity contribution in [2.24, 2.45) is 0 Å². The normalized spacial score (nSPS) is 10.6. The van der Waals surface area contributed by atoms with Crippen LogP contribution in [-0.4, -0.2) is 21.8 Å². The van der Waals surface area contributed by atoms with Gasteiger partial charge < -0.3 is 10.1 Å². The molecule has 1 amide bonds. The average Bonchev–Trinajstić information content (AvgIpc) is 3.29. The van der Waals surface area contributed by atoms with E-state index in [2.05, 4.69) is 15.3 Å². The summed E-state index contributed by atoms with van der Waals surface area (Å²) >= 11 is 1.11. The van der Waals surface area contributed by atoms with Gasteiger partial charge in [0.1, 0.15) is 29.6 Å². The molecule has 0 aliphatic rings. The number of hydrogen-bond acceptors (Lipinski definition) is 7. The Bertz CT molecular complexity index is 1350. The van der Waals surface area contributed by atoms with Crippen molar-refractivity contribution in [3.63, 3.8) is 0 Å². The quantitative estimate of drug-likeness (QED) is 0.347. The fraction of sp³-hybridized carbons (Fsp3) is 0.0833. The van der Waals surface area contributed by atoms with Gasteiger partial charge in [-0.2, -0.15) is 0 Å². The summed E-state index contributed by atoms with van der Waals surface area (Å²) in [4.78, 5) is 34.4. The summed E-state index contributed by atoms with van der Waals surface area (Å²) in [6.07, 6.45) is 1.46. The van der Waals surface area contributed by atoms with E-state index in [1.165, 1.54) is 49.5 Å². The molecule has 7 nitrogen and oxygen atoms in total. The molecule has 0 fully saturated rings. The van der Waals surface area contributed by atoms with Crippen molar-refractivity contribution in [2.45, 2.75) is 13.5 Å². The van der Waals surface area contributed by atoms with E-state index < -0.39 is 23.5 Å². The number of para-hydroxylation sites is 2. The van der Waals surface area contributed by atoms with E-state index in [1.807, 2.05) is 0 Å². The molecule has 34 heavy (non-hydrogen) atoms. The number of hydrogen-bond donors (Lipinski definition) is 1. The average molecular weight is 480 g/mol. The summed E-state index contributed by atoms with van der Waals surface area (Å²) in [7, 11) is 0. The molecule has 2 aromatic carbocycles. The van der Waals surface area contributed by atoms with Crippen LogP contribution in [0.2, 0.25) is 0 Å². The lowest BCUT2D eigenvalue weighted by molar-refractivity contribution is -0.115. The number of carbonyl (C=O) groups excluding carboxylic acids is 2. The van der Waals surface area contributed by atoms with Crippen LogP contribution in [0.1, 0.15) is 23.0 Å². The lowest BCUT2D eigenvalue weighted by Gasteiger charge is -2.18. The SMILES string of the molecule is CC(=O)N(c1nc(COC(=O)c2cccnc2Nc2ccccc2F)cs1)c1ccccc1F. The van der Waals surface area contributed by atoms with E-state index in [1.54, 1.807) is 29.6 Å². The molecule has 0 saturated carbocycles. The summed E-state index contributed by atoms with van der Waals surface area (Å²) < 4.78 is 33.6. The van der Waals surface area contributed by atoms with Crippen molar-refractivity contribution in [1.82, 2.24) is 9.97 Å².